The molecule has 19 heavy (non-hydrogen) atoms. The largest absolute Gasteiger partial charge is 0.468 e. The maximum atomic E-state index is 12.4. The van der Waals surface area contributed by atoms with Crippen molar-refractivity contribution < 1.29 is 18.6 Å². The highest BCUT2D eigenvalue weighted by Gasteiger charge is 2.30. The minimum atomic E-state index is -3.14. The number of carbonyl (C=O) groups excluding carboxylic acids is 1. The number of carbonyl (C=O) groups is 1. The Labute approximate surface area is 113 Å². The first-order chi connectivity index (χ1) is 8.85. The molecule has 5 nitrogen and oxygen atoms in total. The van der Waals surface area contributed by atoms with Gasteiger partial charge in [-0.2, -0.15) is 0 Å². The van der Waals surface area contributed by atoms with Crippen LogP contribution in [-0.4, -0.2) is 25.8 Å². The summed E-state index contributed by atoms with van der Waals surface area (Å²) in [6.45, 7) is 5.13. The lowest BCUT2D eigenvalue weighted by atomic mass is 10.1. The van der Waals surface area contributed by atoms with Crippen molar-refractivity contribution in [3.05, 3.63) is 30.3 Å². The Hall–Kier alpha value is -1.32. The summed E-state index contributed by atoms with van der Waals surface area (Å²) in [5.41, 5.74) is 0. The first kappa shape index (κ1) is 15.7. The van der Waals surface area contributed by atoms with Gasteiger partial charge in [-0.05, 0) is 18.1 Å². The standard InChI is InChI=1S/C13H20NO4P/c1-10(2)12(13(15)17-3)14-19(4,16)18-11-8-6-5-7-9-11/h5-10,12H,1-4H3,(H,14,16)/t12-,19?/m0/s1. The first-order valence-electron chi connectivity index (χ1n) is 6.03. The molecular weight excluding hydrogens is 265 g/mol. The molecule has 1 unspecified atom stereocenters. The SMILES string of the molecule is COC(=O)[C@@H](NP(C)(=O)Oc1ccccc1)C(C)C. The number of hydrogen-bond donors (Lipinski definition) is 1. The zero-order chi connectivity index (χ0) is 14.5. The second kappa shape index (κ2) is 6.73. The first-order valence-corrected chi connectivity index (χ1v) is 8.10. The summed E-state index contributed by atoms with van der Waals surface area (Å²) in [6.07, 6.45) is 0. The Bertz CT molecular complexity index is 461. The molecule has 0 saturated heterocycles. The molecule has 0 aromatic heterocycles. The van der Waals surface area contributed by atoms with Gasteiger partial charge in [-0.1, -0.05) is 32.0 Å². The van der Waals surface area contributed by atoms with E-state index >= 15 is 0 Å². The highest BCUT2D eigenvalue weighted by Crippen LogP contribution is 2.40. The van der Waals surface area contributed by atoms with Crippen LogP contribution in [0.1, 0.15) is 13.8 Å². The van der Waals surface area contributed by atoms with Crippen LogP contribution in [0.3, 0.4) is 0 Å². The number of methoxy groups -OCH3 is 1. The predicted molar refractivity (Wildman–Crippen MR) is 74.4 cm³/mol. The van der Waals surface area contributed by atoms with E-state index in [0.29, 0.717) is 5.75 Å². The molecular formula is C13H20NO4P. The van der Waals surface area contributed by atoms with Gasteiger partial charge in [0.05, 0.1) is 7.11 Å². The van der Waals surface area contributed by atoms with Gasteiger partial charge >= 0.3 is 13.5 Å². The number of nitrogens with one attached hydrogen (secondary N) is 1. The van der Waals surface area contributed by atoms with Gasteiger partial charge in [0.2, 0.25) is 0 Å². The fraction of sp³-hybridized carbons (Fsp3) is 0.462. The number of esters is 1. The third-order valence-corrected chi connectivity index (χ3v) is 3.82. The number of benzene rings is 1. The van der Waals surface area contributed by atoms with Gasteiger partial charge in [0, 0.05) is 6.66 Å². The zero-order valence-electron chi connectivity index (χ0n) is 11.6. The van der Waals surface area contributed by atoms with E-state index in [9.17, 15) is 9.36 Å². The van der Waals surface area contributed by atoms with Crippen molar-refractivity contribution in [2.45, 2.75) is 19.9 Å². The third-order valence-electron chi connectivity index (χ3n) is 2.52. The Kier molecular flexibility index (Phi) is 5.58. The van der Waals surface area contributed by atoms with Crippen molar-refractivity contribution in [3.8, 4) is 5.75 Å². The second-order valence-corrected chi connectivity index (χ2v) is 6.76. The smallest absolute Gasteiger partial charge is 0.323 e. The topological polar surface area (TPSA) is 64.6 Å². The summed E-state index contributed by atoms with van der Waals surface area (Å²) in [5, 5.41) is 2.75. The summed E-state index contributed by atoms with van der Waals surface area (Å²) in [5.74, 6) is -0.0120. The van der Waals surface area contributed by atoms with E-state index < -0.39 is 19.5 Å². The molecule has 106 valence electrons. The quantitative estimate of drug-likeness (QED) is 0.643. The normalized spacial score (nSPS) is 15.6. The van der Waals surface area contributed by atoms with Crippen LogP contribution in [0.2, 0.25) is 0 Å². The second-order valence-electron chi connectivity index (χ2n) is 4.62. The van der Waals surface area contributed by atoms with Crippen molar-refractivity contribution >= 4 is 13.5 Å². The number of hydrogen-bond acceptors (Lipinski definition) is 4. The van der Waals surface area contributed by atoms with Gasteiger partial charge in [-0.25, -0.2) is 5.09 Å². The average molecular weight is 285 g/mol. The number of ether oxygens (including phenoxy) is 1. The molecule has 0 aliphatic rings. The maximum absolute atomic E-state index is 12.4. The van der Waals surface area contributed by atoms with E-state index in [1.807, 2.05) is 19.9 Å². The third kappa shape index (κ3) is 5.05. The van der Waals surface area contributed by atoms with Crippen LogP contribution < -0.4 is 9.61 Å². The predicted octanol–water partition coefficient (Wildman–Crippen LogP) is 2.68. The van der Waals surface area contributed by atoms with Crippen LogP contribution in [0.15, 0.2) is 30.3 Å². The zero-order valence-corrected chi connectivity index (χ0v) is 12.5. The maximum Gasteiger partial charge on any atom is 0.323 e. The Morgan fingerprint density at radius 1 is 1.26 bits per heavy atom. The molecule has 0 saturated carbocycles. The Morgan fingerprint density at radius 2 is 1.84 bits per heavy atom. The monoisotopic (exact) mass is 285 g/mol. The highest BCUT2D eigenvalue weighted by molar-refractivity contribution is 7.56. The van der Waals surface area contributed by atoms with Crippen LogP contribution in [0.25, 0.3) is 0 Å². The van der Waals surface area contributed by atoms with Crippen LogP contribution in [0.4, 0.5) is 0 Å². The van der Waals surface area contributed by atoms with Gasteiger partial charge in [-0.15, -0.1) is 0 Å². The molecule has 1 N–H and O–H groups in total. The molecule has 6 heteroatoms. The fourth-order valence-corrected chi connectivity index (χ4v) is 3.05. The Balaban J connectivity index is 2.77. The summed E-state index contributed by atoms with van der Waals surface area (Å²) < 4.78 is 22.5. The van der Waals surface area contributed by atoms with Crippen molar-refractivity contribution in [1.82, 2.24) is 5.09 Å². The average Bonchev–Trinajstić information content (AvgIpc) is 2.35. The van der Waals surface area contributed by atoms with E-state index in [4.69, 9.17) is 9.26 Å². The van der Waals surface area contributed by atoms with E-state index in [2.05, 4.69) is 5.09 Å². The molecule has 0 fully saturated rings. The van der Waals surface area contributed by atoms with Crippen LogP contribution in [-0.2, 0) is 14.1 Å². The van der Waals surface area contributed by atoms with E-state index in [0.717, 1.165) is 0 Å². The van der Waals surface area contributed by atoms with Gasteiger partial charge in [0.1, 0.15) is 11.8 Å². The van der Waals surface area contributed by atoms with E-state index in [1.165, 1.54) is 13.8 Å². The minimum absolute atomic E-state index is 0.0555. The molecule has 2 atom stereocenters. The summed E-state index contributed by atoms with van der Waals surface area (Å²) >= 11 is 0. The summed E-state index contributed by atoms with van der Waals surface area (Å²) in [6, 6.07) is 8.17. The molecule has 1 aromatic carbocycles. The van der Waals surface area contributed by atoms with E-state index in [-0.39, 0.29) is 5.92 Å². The lowest BCUT2D eigenvalue weighted by molar-refractivity contribution is -0.143. The molecule has 1 rings (SSSR count). The fourth-order valence-electron chi connectivity index (χ4n) is 1.56. The highest BCUT2D eigenvalue weighted by atomic mass is 31.2. The molecule has 0 heterocycles. The van der Waals surface area contributed by atoms with Crippen molar-refractivity contribution in [2.75, 3.05) is 13.8 Å². The molecule has 1 aromatic rings. The molecule has 0 amide bonds. The van der Waals surface area contributed by atoms with Crippen molar-refractivity contribution in [3.63, 3.8) is 0 Å². The van der Waals surface area contributed by atoms with Crippen LogP contribution in [0.5, 0.6) is 5.75 Å². The summed E-state index contributed by atoms with van der Waals surface area (Å²) in [4.78, 5) is 11.6. The Morgan fingerprint density at radius 3 is 2.32 bits per heavy atom. The number of rotatable bonds is 6. The molecule has 0 aliphatic carbocycles. The molecule has 0 aliphatic heterocycles. The van der Waals surface area contributed by atoms with E-state index in [1.54, 1.807) is 24.3 Å². The van der Waals surface area contributed by atoms with Crippen molar-refractivity contribution in [2.24, 2.45) is 5.92 Å². The lowest BCUT2D eigenvalue weighted by Crippen LogP contribution is -2.40. The number of para-hydroxylation sites is 1. The summed E-state index contributed by atoms with van der Waals surface area (Å²) in [7, 11) is -1.84. The van der Waals surface area contributed by atoms with Gasteiger partial charge in [0.15, 0.2) is 0 Å². The molecule has 0 spiro atoms. The minimum Gasteiger partial charge on any atom is -0.468 e. The molecule has 0 radical (unpaired) electrons. The lowest BCUT2D eigenvalue weighted by Gasteiger charge is -2.24. The van der Waals surface area contributed by atoms with Gasteiger partial charge in [-0.3, -0.25) is 9.36 Å². The van der Waals surface area contributed by atoms with Crippen LogP contribution >= 0.6 is 7.52 Å². The van der Waals surface area contributed by atoms with Crippen LogP contribution in [0, 0.1) is 5.92 Å². The van der Waals surface area contributed by atoms with Gasteiger partial charge < -0.3 is 9.26 Å². The van der Waals surface area contributed by atoms with Gasteiger partial charge in [0.25, 0.3) is 0 Å². The molecule has 0 bridgehead atoms. The van der Waals surface area contributed by atoms with Crippen molar-refractivity contribution in [1.29, 1.82) is 0 Å².